The van der Waals surface area contributed by atoms with Gasteiger partial charge in [0.15, 0.2) is 5.11 Å². The van der Waals surface area contributed by atoms with Gasteiger partial charge in [-0.15, -0.1) is 0 Å². The Kier molecular flexibility index (Phi) is 6.01. The smallest absolute Gasteiger partial charge is 0.327 e. The number of hydrogen-bond donors (Lipinski definition) is 2. The molecule has 1 fully saturated rings. The van der Waals surface area contributed by atoms with Crippen molar-refractivity contribution in [2.75, 3.05) is 0 Å². The molecule has 1 atom stereocenters. The molecular formula is C23H17BrN2O4S. The van der Waals surface area contributed by atoms with Gasteiger partial charge in [-0.2, -0.15) is 0 Å². The standard InChI is InChI=1S/C23H17BrN2O4S/c24-16-8-6-15(7-9-16)20-11-10-17(30-20)13-18-21(27)26(23(31)25-18)19(22(28)29)12-14-4-2-1-3-5-14/h1-11,13,19H,12H2,(H,25,31)(H,28,29)/b18-13+. The maximum atomic E-state index is 13.0. The maximum absolute atomic E-state index is 13.0. The average Bonchev–Trinajstić information content (AvgIpc) is 3.32. The first-order valence-corrected chi connectivity index (χ1v) is 10.6. The number of carbonyl (C=O) groups is 2. The number of carboxylic acids is 1. The number of benzene rings is 2. The largest absolute Gasteiger partial charge is 0.480 e. The van der Waals surface area contributed by atoms with E-state index in [-0.39, 0.29) is 17.2 Å². The highest BCUT2D eigenvalue weighted by Gasteiger charge is 2.39. The first-order valence-electron chi connectivity index (χ1n) is 9.41. The molecule has 1 saturated heterocycles. The number of amides is 1. The van der Waals surface area contributed by atoms with Crippen LogP contribution in [0.1, 0.15) is 11.3 Å². The summed E-state index contributed by atoms with van der Waals surface area (Å²) < 4.78 is 6.79. The zero-order valence-corrected chi connectivity index (χ0v) is 18.5. The zero-order valence-electron chi connectivity index (χ0n) is 16.1. The number of thiocarbonyl (C=S) groups is 1. The molecule has 2 aromatic carbocycles. The lowest BCUT2D eigenvalue weighted by Crippen LogP contribution is -2.46. The first-order chi connectivity index (χ1) is 14.9. The highest BCUT2D eigenvalue weighted by atomic mass is 79.9. The van der Waals surface area contributed by atoms with Gasteiger partial charge in [0.05, 0.1) is 0 Å². The van der Waals surface area contributed by atoms with E-state index in [1.807, 2.05) is 54.6 Å². The van der Waals surface area contributed by atoms with E-state index in [0.717, 1.165) is 20.5 Å². The number of nitrogens with one attached hydrogen (secondary N) is 1. The molecule has 1 aliphatic heterocycles. The van der Waals surface area contributed by atoms with Gasteiger partial charge in [0, 0.05) is 22.5 Å². The number of hydrogen-bond acceptors (Lipinski definition) is 4. The number of halogens is 1. The number of carbonyl (C=O) groups excluding carboxylic acids is 1. The van der Waals surface area contributed by atoms with Crippen LogP contribution in [0.3, 0.4) is 0 Å². The number of rotatable bonds is 6. The zero-order chi connectivity index (χ0) is 22.0. The van der Waals surface area contributed by atoms with Crippen molar-refractivity contribution in [3.05, 3.63) is 88.2 Å². The van der Waals surface area contributed by atoms with Crippen molar-refractivity contribution in [1.82, 2.24) is 10.2 Å². The molecule has 1 amide bonds. The Morgan fingerprint density at radius 2 is 1.84 bits per heavy atom. The quantitative estimate of drug-likeness (QED) is 0.387. The van der Waals surface area contributed by atoms with Crippen molar-refractivity contribution in [2.45, 2.75) is 12.5 Å². The Balaban J connectivity index is 1.56. The molecule has 8 heteroatoms. The molecule has 31 heavy (non-hydrogen) atoms. The predicted octanol–water partition coefficient (Wildman–Crippen LogP) is 4.46. The lowest BCUT2D eigenvalue weighted by Gasteiger charge is -2.22. The van der Waals surface area contributed by atoms with E-state index in [4.69, 9.17) is 16.6 Å². The highest BCUT2D eigenvalue weighted by molar-refractivity contribution is 9.10. The van der Waals surface area contributed by atoms with Crippen molar-refractivity contribution in [1.29, 1.82) is 0 Å². The number of carboxylic acid groups (broad SMARTS) is 1. The Hall–Kier alpha value is -3.23. The molecule has 1 unspecified atom stereocenters. The molecule has 0 aliphatic carbocycles. The number of furan rings is 1. The molecule has 0 saturated carbocycles. The highest BCUT2D eigenvalue weighted by Crippen LogP contribution is 2.26. The van der Waals surface area contributed by atoms with E-state index in [0.29, 0.717) is 11.5 Å². The fraction of sp³-hybridized carbons (Fsp3) is 0.0870. The fourth-order valence-corrected chi connectivity index (χ4v) is 3.88. The lowest BCUT2D eigenvalue weighted by atomic mass is 10.0. The van der Waals surface area contributed by atoms with Crippen molar-refractivity contribution in [3.8, 4) is 11.3 Å². The summed E-state index contributed by atoms with van der Waals surface area (Å²) in [5, 5.41) is 12.6. The summed E-state index contributed by atoms with van der Waals surface area (Å²) in [5.74, 6) is -0.530. The number of aliphatic carboxylic acids is 1. The summed E-state index contributed by atoms with van der Waals surface area (Å²) >= 11 is 8.67. The Labute approximate surface area is 192 Å². The van der Waals surface area contributed by atoms with Gasteiger partial charge in [-0.25, -0.2) is 4.79 Å². The summed E-state index contributed by atoms with van der Waals surface area (Å²) in [6.45, 7) is 0. The third-order valence-corrected chi connectivity index (χ3v) is 5.65. The summed E-state index contributed by atoms with van der Waals surface area (Å²) in [6, 6.07) is 19.2. The second-order valence-corrected chi connectivity index (χ2v) is 8.22. The van der Waals surface area contributed by atoms with Crippen LogP contribution in [0.5, 0.6) is 0 Å². The molecule has 2 N–H and O–H groups in total. The van der Waals surface area contributed by atoms with Gasteiger partial charge in [0.2, 0.25) is 0 Å². The average molecular weight is 497 g/mol. The summed E-state index contributed by atoms with van der Waals surface area (Å²) in [6.07, 6.45) is 1.67. The molecule has 2 heterocycles. The lowest BCUT2D eigenvalue weighted by molar-refractivity contribution is -0.145. The van der Waals surface area contributed by atoms with Crippen LogP contribution in [-0.4, -0.2) is 33.0 Å². The van der Waals surface area contributed by atoms with Crippen LogP contribution < -0.4 is 5.32 Å². The van der Waals surface area contributed by atoms with Crippen molar-refractivity contribution < 1.29 is 19.1 Å². The van der Waals surface area contributed by atoms with E-state index in [1.165, 1.54) is 6.08 Å². The second kappa shape index (κ2) is 8.87. The van der Waals surface area contributed by atoms with Crippen molar-refractivity contribution >= 4 is 51.2 Å². The van der Waals surface area contributed by atoms with Crippen LogP contribution in [0.2, 0.25) is 0 Å². The Morgan fingerprint density at radius 3 is 2.52 bits per heavy atom. The minimum atomic E-state index is -1.13. The molecular weight excluding hydrogens is 480 g/mol. The molecule has 6 nitrogen and oxygen atoms in total. The van der Waals surface area contributed by atoms with Gasteiger partial charge in [-0.05, 0) is 42.0 Å². The van der Waals surface area contributed by atoms with Gasteiger partial charge in [-0.3, -0.25) is 9.69 Å². The van der Waals surface area contributed by atoms with Gasteiger partial charge in [-0.1, -0.05) is 58.4 Å². The van der Waals surface area contributed by atoms with Crippen molar-refractivity contribution in [3.63, 3.8) is 0 Å². The van der Waals surface area contributed by atoms with Gasteiger partial charge >= 0.3 is 5.97 Å². The minimum absolute atomic E-state index is 0.0549. The molecule has 0 bridgehead atoms. The van der Waals surface area contributed by atoms with Crippen LogP contribution >= 0.6 is 28.1 Å². The second-order valence-electron chi connectivity index (χ2n) is 6.92. The monoisotopic (exact) mass is 496 g/mol. The SMILES string of the molecule is O=C(O)C(Cc1ccccc1)N1C(=O)/C(=C\c2ccc(-c3ccc(Br)cc3)o2)NC1=S. The summed E-state index contributed by atoms with van der Waals surface area (Å²) in [7, 11) is 0. The molecule has 4 rings (SSSR count). The van der Waals surface area contributed by atoms with Gasteiger partial charge < -0.3 is 14.8 Å². The minimum Gasteiger partial charge on any atom is -0.480 e. The summed E-state index contributed by atoms with van der Waals surface area (Å²) in [4.78, 5) is 26.0. The van der Waals surface area contributed by atoms with Crippen LogP contribution in [0, 0.1) is 0 Å². The van der Waals surface area contributed by atoms with E-state index < -0.39 is 17.9 Å². The van der Waals surface area contributed by atoms with Crippen LogP contribution in [0.4, 0.5) is 0 Å². The molecule has 0 spiro atoms. The molecule has 0 radical (unpaired) electrons. The van der Waals surface area contributed by atoms with E-state index in [1.54, 1.807) is 12.1 Å². The maximum Gasteiger partial charge on any atom is 0.327 e. The van der Waals surface area contributed by atoms with E-state index in [2.05, 4.69) is 21.2 Å². The van der Waals surface area contributed by atoms with Crippen LogP contribution in [-0.2, 0) is 16.0 Å². The Bertz CT molecular complexity index is 1170. The third-order valence-electron chi connectivity index (χ3n) is 4.82. The van der Waals surface area contributed by atoms with Crippen LogP contribution in [0.15, 0.2) is 81.3 Å². The summed E-state index contributed by atoms with van der Waals surface area (Å²) in [5.41, 5.74) is 1.86. The van der Waals surface area contributed by atoms with Crippen molar-refractivity contribution in [2.24, 2.45) is 0 Å². The van der Waals surface area contributed by atoms with Gasteiger partial charge in [0.1, 0.15) is 23.3 Å². The van der Waals surface area contributed by atoms with E-state index in [9.17, 15) is 14.7 Å². The van der Waals surface area contributed by atoms with Gasteiger partial charge in [0.25, 0.3) is 5.91 Å². The Morgan fingerprint density at radius 1 is 1.13 bits per heavy atom. The normalized spacial score (nSPS) is 15.9. The predicted molar refractivity (Wildman–Crippen MR) is 124 cm³/mol. The topological polar surface area (TPSA) is 82.8 Å². The molecule has 3 aromatic rings. The first kappa shape index (κ1) is 21.0. The third kappa shape index (κ3) is 4.60. The molecule has 156 valence electrons. The molecule has 1 aromatic heterocycles. The van der Waals surface area contributed by atoms with Crippen LogP contribution in [0.25, 0.3) is 17.4 Å². The molecule has 1 aliphatic rings. The fourth-order valence-electron chi connectivity index (χ4n) is 3.30. The number of nitrogens with zero attached hydrogens (tertiary/aromatic N) is 1. The van der Waals surface area contributed by atoms with E-state index >= 15 is 0 Å².